The predicted octanol–water partition coefficient (Wildman–Crippen LogP) is -5.24. The molecule has 1 aromatic rings. The average Bonchev–Trinajstić information content (AvgIpc) is 3.67. The lowest BCUT2D eigenvalue weighted by atomic mass is 10.00. The van der Waals surface area contributed by atoms with E-state index in [0.29, 0.717) is 17.9 Å². The number of hydrogen-bond acceptors (Lipinski definition) is 18. The first-order valence-corrected chi connectivity index (χ1v) is 29.5. The SMILES string of the molecule is CC[C@H](C)CCCCC(=O)N[C@@H](CCN)C(=O)N[C@H](C(=O)N[C@@H](CCN)C(=O)N[C@H]1CCNC(=O)[C@@H]([C@H](C)O)NC(=O)[C@H](CCN)NC(=O)[C@H](CCN)NC(=O)[C@H](CC(C)C)NC(=O)[C@@H](Cc2ccccc2)NC(=O)[C@H](CCN)NC1=O)[C@@H](C)O. The van der Waals surface area contributed by atoms with Gasteiger partial charge in [0.2, 0.25) is 65.0 Å². The van der Waals surface area contributed by atoms with Crippen LogP contribution in [0.3, 0.4) is 0 Å². The minimum Gasteiger partial charge on any atom is -0.391 e. The van der Waals surface area contributed by atoms with Crippen LogP contribution in [0.4, 0.5) is 0 Å². The van der Waals surface area contributed by atoms with Crippen molar-refractivity contribution in [2.45, 2.75) is 198 Å². The minimum atomic E-state index is -1.70. The molecule has 13 atom stereocenters. The molecule has 85 heavy (non-hydrogen) atoms. The van der Waals surface area contributed by atoms with Gasteiger partial charge in [-0.05, 0) is 115 Å². The van der Waals surface area contributed by atoms with E-state index in [4.69, 9.17) is 28.7 Å². The third kappa shape index (κ3) is 26.9. The van der Waals surface area contributed by atoms with Gasteiger partial charge in [-0.25, -0.2) is 0 Å². The van der Waals surface area contributed by atoms with Crippen LogP contribution in [0, 0.1) is 11.8 Å². The quantitative estimate of drug-likeness (QED) is 0.0333. The lowest BCUT2D eigenvalue weighted by Gasteiger charge is -2.29. The fraction of sp³-hybridized carbons (Fsp3) is 0.696. The maximum absolute atomic E-state index is 14.5. The summed E-state index contributed by atoms with van der Waals surface area (Å²) < 4.78 is 0. The van der Waals surface area contributed by atoms with Crippen LogP contribution in [0.2, 0.25) is 0 Å². The number of benzene rings is 1. The summed E-state index contributed by atoms with van der Waals surface area (Å²) in [5, 5.41) is 49.7. The molecular formula is C56H98N16O13. The van der Waals surface area contributed by atoms with Gasteiger partial charge in [0.1, 0.15) is 60.4 Å². The summed E-state index contributed by atoms with van der Waals surface area (Å²) in [7, 11) is 0. The van der Waals surface area contributed by atoms with Crippen molar-refractivity contribution in [3.05, 3.63) is 35.9 Å². The van der Waals surface area contributed by atoms with Gasteiger partial charge in [-0.1, -0.05) is 77.3 Å². The molecule has 0 bridgehead atoms. The Balaban J connectivity index is 2.67. The number of carbonyl (C=O) groups excluding carboxylic acids is 11. The van der Waals surface area contributed by atoms with Gasteiger partial charge in [0.05, 0.1) is 12.2 Å². The molecule has 1 heterocycles. The predicted molar refractivity (Wildman–Crippen MR) is 316 cm³/mol. The van der Waals surface area contributed by atoms with Crippen LogP contribution in [-0.2, 0) is 59.2 Å². The van der Waals surface area contributed by atoms with Gasteiger partial charge < -0.3 is 97.4 Å². The van der Waals surface area contributed by atoms with Crippen LogP contribution >= 0.6 is 0 Å². The Hall–Kier alpha value is -6.89. The Kier molecular flexibility index (Phi) is 34.6. The maximum atomic E-state index is 14.5. The van der Waals surface area contributed by atoms with Gasteiger partial charge in [-0.2, -0.15) is 0 Å². The van der Waals surface area contributed by atoms with E-state index in [0.717, 1.165) is 19.3 Å². The van der Waals surface area contributed by atoms with Crippen LogP contribution in [0.15, 0.2) is 30.3 Å². The van der Waals surface area contributed by atoms with Gasteiger partial charge in [0.15, 0.2) is 0 Å². The fourth-order valence-electron chi connectivity index (χ4n) is 9.12. The van der Waals surface area contributed by atoms with Crippen molar-refractivity contribution in [2.24, 2.45) is 40.5 Å². The molecule has 1 aromatic carbocycles. The normalized spacial score (nSPS) is 22.9. The monoisotopic (exact) mass is 1200 g/mol. The van der Waals surface area contributed by atoms with Gasteiger partial charge in [0, 0.05) is 19.4 Å². The molecule has 0 aliphatic carbocycles. The van der Waals surface area contributed by atoms with Crippen molar-refractivity contribution in [3.63, 3.8) is 0 Å². The number of nitrogens with one attached hydrogen (secondary N) is 11. The maximum Gasteiger partial charge on any atom is 0.245 e. The molecule has 1 fully saturated rings. The van der Waals surface area contributed by atoms with E-state index in [1.54, 1.807) is 44.2 Å². The summed E-state index contributed by atoms with van der Waals surface area (Å²) in [5.41, 5.74) is 29.9. The van der Waals surface area contributed by atoms with Gasteiger partial charge in [0.25, 0.3) is 0 Å². The number of unbranched alkanes of at least 4 members (excludes halogenated alkanes) is 1. The summed E-state index contributed by atoms with van der Waals surface area (Å²) in [6, 6.07) is -6.23. The second-order valence-electron chi connectivity index (χ2n) is 22.0. The highest BCUT2D eigenvalue weighted by Crippen LogP contribution is 2.14. The van der Waals surface area contributed by atoms with E-state index in [1.807, 2.05) is 0 Å². The Morgan fingerprint density at radius 2 is 1.06 bits per heavy atom. The van der Waals surface area contributed by atoms with E-state index in [-0.39, 0.29) is 90.0 Å². The van der Waals surface area contributed by atoms with E-state index in [2.05, 4.69) is 72.3 Å². The van der Waals surface area contributed by atoms with Crippen LogP contribution in [0.5, 0.6) is 0 Å². The number of amides is 11. The Morgan fingerprint density at radius 1 is 0.565 bits per heavy atom. The van der Waals surface area contributed by atoms with Crippen molar-refractivity contribution < 1.29 is 63.0 Å². The smallest absolute Gasteiger partial charge is 0.245 e. The lowest BCUT2D eigenvalue weighted by Crippen LogP contribution is -2.62. The first kappa shape index (κ1) is 74.2. The molecule has 29 heteroatoms. The average molecular weight is 1200 g/mol. The number of aliphatic hydroxyl groups is 2. The van der Waals surface area contributed by atoms with E-state index in [9.17, 15) is 63.0 Å². The Labute approximate surface area is 498 Å². The lowest BCUT2D eigenvalue weighted by molar-refractivity contribution is -0.137. The third-order valence-corrected chi connectivity index (χ3v) is 14.3. The van der Waals surface area contributed by atoms with Gasteiger partial charge in [-0.3, -0.25) is 52.7 Å². The molecule has 480 valence electrons. The highest BCUT2D eigenvalue weighted by Gasteiger charge is 2.37. The molecule has 0 aromatic heterocycles. The Morgan fingerprint density at radius 3 is 1.56 bits per heavy atom. The van der Waals surface area contributed by atoms with E-state index < -0.39 is 151 Å². The number of aliphatic hydroxyl groups excluding tert-OH is 2. The molecule has 0 radical (unpaired) electrons. The fourth-order valence-corrected chi connectivity index (χ4v) is 9.12. The molecule has 11 amide bonds. The highest BCUT2D eigenvalue weighted by molar-refractivity contribution is 5.99. The molecule has 23 N–H and O–H groups in total. The second-order valence-corrected chi connectivity index (χ2v) is 22.0. The molecule has 1 saturated heterocycles. The Bertz CT molecular complexity index is 2320. The first-order valence-electron chi connectivity index (χ1n) is 29.5. The van der Waals surface area contributed by atoms with Crippen LogP contribution in [0.25, 0.3) is 0 Å². The number of rotatable bonds is 29. The minimum absolute atomic E-state index is 0.0173. The molecular weight excluding hydrogens is 1100 g/mol. The van der Waals surface area contributed by atoms with E-state index >= 15 is 0 Å². The zero-order valence-electron chi connectivity index (χ0n) is 50.2. The second kappa shape index (κ2) is 39.7. The van der Waals surface area contributed by atoms with E-state index in [1.165, 1.54) is 13.8 Å². The molecule has 0 saturated carbocycles. The van der Waals surface area contributed by atoms with Gasteiger partial charge in [-0.15, -0.1) is 0 Å². The standard InChI is InChI=1S/C56H98N16O13/c1-7-32(4)13-11-12-16-44(75)63-36(17-23-57)51(80)72-46(34(6)74)56(85)68-39(20-26-60)48(77)67-41-22-28-62-55(84)45(33(5)73)71-52(81)40(21-27-61)65-47(76)37(18-24-58)66-53(82)42(29-31(2)3)69-54(83)43(30-35-14-9-8-10-15-35)70-49(78)38(19-25-59)64-50(41)79/h8-10,14-15,31-34,36-43,45-46,73-74H,7,11-13,16-30,57-61H2,1-6H3,(H,62,84)(H,63,75)(H,64,79)(H,65,76)(H,66,82)(H,67,77)(H,68,85)(H,69,83)(H,70,78)(H,71,81)(H,72,80)/t32-,33-,34+,36-,37-,38-,39-,40-,41-,42-,43+,45+,46-/m0/s1. The molecule has 1 aliphatic rings. The summed E-state index contributed by atoms with van der Waals surface area (Å²) in [5.74, 6) is -9.45. The molecule has 1 aliphatic heterocycles. The van der Waals surface area contributed by atoms with Crippen molar-refractivity contribution in [3.8, 4) is 0 Å². The van der Waals surface area contributed by atoms with Crippen LogP contribution < -0.4 is 87.2 Å². The van der Waals surface area contributed by atoms with Crippen molar-refractivity contribution >= 4 is 65.0 Å². The number of hydrogen-bond donors (Lipinski definition) is 18. The van der Waals surface area contributed by atoms with Crippen molar-refractivity contribution in [1.29, 1.82) is 0 Å². The summed E-state index contributed by atoms with van der Waals surface area (Å²) in [6.45, 7) is 9.00. The van der Waals surface area contributed by atoms with Crippen LogP contribution in [0.1, 0.15) is 124 Å². The van der Waals surface area contributed by atoms with Crippen molar-refractivity contribution in [2.75, 3.05) is 39.3 Å². The topological polar surface area (TPSA) is 491 Å². The summed E-state index contributed by atoms with van der Waals surface area (Å²) in [6.07, 6.45) is -1.05. The summed E-state index contributed by atoms with van der Waals surface area (Å²) in [4.78, 5) is 154. The zero-order valence-corrected chi connectivity index (χ0v) is 50.2. The summed E-state index contributed by atoms with van der Waals surface area (Å²) >= 11 is 0. The molecule has 0 spiro atoms. The molecule has 29 nitrogen and oxygen atoms in total. The molecule has 2 rings (SSSR count). The van der Waals surface area contributed by atoms with Crippen LogP contribution in [-0.4, -0.2) is 187 Å². The first-order chi connectivity index (χ1) is 40.3. The van der Waals surface area contributed by atoms with Gasteiger partial charge >= 0.3 is 0 Å². The molecule has 0 unspecified atom stereocenters. The van der Waals surface area contributed by atoms with Crippen molar-refractivity contribution in [1.82, 2.24) is 58.5 Å². The zero-order chi connectivity index (χ0) is 63.8. The number of nitrogens with two attached hydrogens (primary N) is 5. The highest BCUT2D eigenvalue weighted by atomic mass is 16.3. The number of carbonyl (C=O) groups is 11. The largest absolute Gasteiger partial charge is 0.391 e. The third-order valence-electron chi connectivity index (χ3n) is 14.3.